The first kappa shape index (κ1) is 21.7. The minimum absolute atomic E-state index is 0.0464. The van der Waals surface area contributed by atoms with Crippen LogP contribution in [0.3, 0.4) is 0 Å². The molecule has 0 aromatic heterocycles. The van der Waals surface area contributed by atoms with E-state index in [1.54, 1.807) is 37.3 Å². The van der Waals surface area contributed by atoms with Crippen LogP contribution < -0.4 is 19.5 Å². The zero-order valence-electron chi connectivity index (χ0n) is 17.0. The third-order valence-electron chi connectivity index (χ3n) is 5.29. The molecule has 0 saturated carbocycles. The number of hydrogen-bond acceptors (Lipinski definition) is 6. The molecule has 2 heterocycles. The van der Waals surface area contributed by atoms with Gasteiger partial charge in [-0.25, -0.2) is 8.42 Å². The van der Waals surface area contributed by atoms with Crippen molar-refractivity contribution in [3.63, 3.8) is 0 Å². The van der Waals surface area contributed by atoms with Gasteiger partial charge in [0.1, 0.15) is 10.6 Å². The molecule has 0 unspecified atom stereocenters. The van der Waals surface area contributed by atoms with Gasteiger partial charge in [0.15, 0.2) is 11.5 Å². The number of halogens is 1. The highest BCUT2D eigenvalue weighted by Crippen LogP contribution is 2.35. The van der Waals surface area contributed by atoms with Gasteiger partial charge in [0.2, 0.25) is 22.7 Å². The van der Waals surface area contributed by atoms with Gasteiger partial charge in [-0.2, -0.15) is 4.31 Å². The van der Waals surface area contributed by atoms with Crippen LogP contribution >= 0.6 is 11.6 Å². The molecule has 8 nitrogen and oxygen atoms in total. The van der Waals surface area contributed by atoms with Gasteiger partial charge in [0.05, 0.1) is 6.61 Å². The molecule has 0 bridgehead atoms. The van der Waals surface area contributed by atoms with Crippen molar-refractivity contribution in [2.45, 2.75) is 24.7 Å². The number of nitrogens with one attached hydrogen (secondary N) is 1. The van der Waals surface area contributed by atoms with Crippen LogP contribution in [0.4, 0.5) is 5.69 Å². The summed E-state index contributed by atoms with van der Waals surface area (Å²) in [7, 11) is -3.79. The molecular weight excluding hydrogens is 444 g/mol. The Morgan fingerprint density at radius 2 is 1.90 bits per heavy atom. The number of benzene rings is 2. The fourth-order valence-corrected chi connectivity index (χ4v) is 5.54. The van der Waals surface area contributed by atoms with Gasteiger partial charge in [-0.3, -0.25) is 4.79 Å². The van der Waals surface area contributed by atoms with Crippen LogP contribution in [0.1, 0.15) is 19.8 Å². The van der Waals surface area contributed by atoms with E-state index >= 15 is 0 Å². The fraction of sp³-hybridized carbons (Fsp3) is 0.381. The largest absolute Gasteiger partial charge is 0.492 e. The lowest BCUT2D eigenvalue weighted by Crippen LogP contribution is -2.41. The van der Waals surface area contributed by atoms with Crippen LogP contribution in [0.5, 0.6) is 17.2 Å². The summed E-state index contributed by atoms with van der Waals surface area (Å²) in [6.45, 7) is 2.76. The van der Waals surface area contributed by atoms with Gasteiger partial charge >= 0.3 is 0 Å². The van der Waals surface area contributed by atoms with Crippen LogP contribution in [0, 0.1) is 5.92 Å². The Kier molecular flexibility index (Phi) is 6.27. The van der Waals surface area contributed by atoms with E-state index in [4.69, 9.17) is 25.8 Å². The third kappa shape index (κ3) is 4.58. The van der Waals surface area contributed by atoms with E-state index < -0.39 is 10.0 Å². The topological polar surface area (TPSA) is 94.2 Å². The quantitative estimate of drug-likeness (QED) is 0.700. The molecule has 4 rings (SSSR count). The van der Waals surface area contributed by atoms with E-state index in [1.807, 2.05) is 0 Å². The Labute approximate surface area is 186 Å². The normalized spacial score (nSPS) is 16.8. The van der Waals surface area contributed by atoms with E-state index in [2.05, 4.69) is 5.32 Å². The van der Waals surface area contributed by atoms with Gasteiger partial charge in [-0.1, -0.05) is 11.6 Å². The first-order valence-corrected chi connectivity index (χ1v) is 11.8. The number of nitrogens with zero attached hydrogens (tertiary/aromatic N) is 1. The highest BCUT2D eigenvalue weighted by molar-refractivity contribution is 7.89. The van der Waals surface area contributed by atoms with Gasteiger partial charge in [0.25, 0.3) is 0 Å². The molecule has 1 fully saturated rings. The van der Waals surface area contributed by atoms with Crippen molar-refractivity contribution in [1.82, 2.24) is 4.31 Å². The molecule has 2 aliphatic rings. The molecule has 1 N–H and O–H groups in total. The Morgan fingerprint density at radius 1 is 1.16 bits per heavy atom. The molecule has 31 heavy (non-hydrogen) atoms. The van der Waals surface area contributed by atoms with Crippen molar-refractivity contribution < 1.29 is 27.4 Å². The Balaban J connectivity index is 1.41. The maximum atomic E-state index is 13.2. The highest BCUT2D eigenvalue weighted by Gasteiger charge is 2.34. The maximum absolute atomic E-state index is 13.2. The number of carbonyl (C=O) groups excluding carboxylic acids is 1. The van der Waals surface area contributed by atoms with Crippen LogP contribution in [-0.2, 0) is 14.8 Å². The number of sulfonamides is 1. The Bertz CT molecular complexity index is 1080. The van der Waals surface area contributed by atoms with Gasteiger partial charge in [-0.15, -0.1) is 0 Å². The summed E-state index contributed by atoms with van der Waals surface area (Å²) in [5.74, 6) is 1.07. The van der Waals surface area contributed by atoms with Crippen LogP contribution in [0.2, 0.25) is 5.02 Å². The summed E-state index contributed by atoms with van der Waals surface area (Å²) < 4.78 is 43.8. The predicted molar refractivity (Wildman–Crippen MR) is 115 cm³/mol. The molecule has 2 aliphatic heterocycles. The van der Waals surface area contributed by atoms with E-state index in [-0.39, 0.29) is 42.4 Å². The number of carbonyl (C=O) groups is 1. The lowest BCUT2D eigenvalue weighted by molar-refractivity contribution is -0.120. The number of fused-ring (bicyclic) bond motifs is 1. The molecular formula is C21H23ClN2O6S. The molecule has 0 atom stereocenters. The first-order valence-electron chi connectivity index (χ1n) is 10.0. The van der Waals surface area contributed by atoms with E-state index in [9.17, 15) is 13.2 Å². The lowest BCUT2D eigenvalue weighted by atomic mass is 9.97. The van der Waals surface area contributed by atoms with Gasteiger partial charge in [0, 0.05) is 35.8 Å². The van der Waals surface area contributed by atoms with Crippen LogP contribution in [0.15, 0.2) is 41.3 Å². The average Bonchev–Trinajstić information content (AvgIpc) is 3.23. The molecule has 0 radical (unpaired) electrons. The molecule has 0 spiro atoms. The third-order valence-corrected chi connectivity index (χ3v) is 7.44. The van der Waals surface area contributed by atoms with Gasteiger partial charge < -0.3 is 19.5 Å². The highest BCUT2D eigenvalue weighted by atomic mass is 35.5. The number of piperidine rings is 1. The monoisotopic (exact) mass is 466 g/mol. The molecule has 10 heteroatoms. The number of rotatable bonds is 6. The molecule has 166 valence electrons. The lowest BCUT2D eigenvalue weighted by Gasteiger charge is -2.31. The summed E-state index contributed by atoms with van der Waals surface area (Å²) in [4.78, 5) is 12.7. The van der Waals surface area contributed by atoms with Crippen molar-refractivity contribution in [1.29, 1.82) is 0 Å². The SMILES string of the molecule is CCOc1ccc(Cl)cc1S(=O)(=O)N1CCC(C(=O)Nc2ccc3c(c2)OCO3)CC1. The minimum Gasteiger partial charge on any atom is -0.492 e. The summed E-state index contributed by atoms with van der Waals surface area (Å²) in [5.41, 5.74) is 0.615. The minimum atomic E-state index is -3.79. The van der Waals surface area contributed by atoms with E-state index in [0.717, 1.165) is 0 Å². The molecule has 1 amide bonds. The van der Waals surface area contributed by atoms with Crippen molar-refractivity contribution >= 4 is 33.2 Å². The van der Waals surface area contributed by atoms with Crippen LogP contribution in [0.25, 0.3) is 0 Å². The van der Waals surface area contributed by atoms with Crippen molar-refractivity contribution in [2.75, 3.05) is 31.8 Å². The second kappa shape index (κ2) is 8.94. The fourth-order valence-electron chi connectivity index (χ4n) is 3.67. The van der Waals surface area contributed by atoms with Gasteiger partial charge in [-0.05, 0) is 50.1 Å². The average molecular weight is 467 g/mol. The van der Waals surface area contributed by atoms with Crippen LogP contribution in [-0.4, -0.2) is 45.1 Å². The van der Waals surface area contributed by atoms with E-state index in [1.165, 1.54) is 10.4 Å². The number of anilines is 1. The second-order valence-electron chi connectivity index (χ2n) is 7.26. The summed E-state index contributed by atoms with van der Waals surface area (Å²) >= 11 is 6.03. The van der Waals surface area contributed by atoms with Crippen molar-refractivity contribution in [3.8, 4) is 17.2 Å². The zero-order valence-corrected chi connectivity index (χ0v) is 18.5. The predicted octanol–water partition coefficient (Wildman–Crippen LogP) is 3.51. The summed E-state index contributed by atoms with van der Waals surface area (Å²) in [6.07, 6.45) is 0.834. The zero-order chi connectivity index (χ0) is 22.0. The number of hydrogen-bond donors (Lipinski definition) is 1. The van der Waals surface area contributed by atoms with Crippen molar-refractivity contribution in [3.05, 3.63) is 41.4 Å². The summed E-state index contributed by atoms with van der Waals surface area (Å²) in [5, 5.41) is 3.20. The second-order valence-corrected chi connectivity index (χ2v) is 9.60. The number of amides is 1. The summed E-state index contributed by atoms with van der Waals surface area (Å²) in [6, 6.07) is 9.77. The molecule has 2 aromatic rings. The Morgan fingerprint density at radius 3 is 2.65 bits per heavy atom. The number of ether oxygens (including phenoxy) is 3. The molecule has 1 saturated heterocycles. The van der Waals surface area contributed by atoms with E-state index in [0.29, 0.717) is 41.7 Å². The maximum Gasteiger partial charge on any atom is 0.246 e. The standard InChI is InChI=1S/C21H23ClN2O6S/c1-2-28-18-5-3-15(22)11-20(18)31(26,27)24-9-7-14(8-10-24)21(25)23-16-4-6-17-19(12-16)30-13-29-17/h3-6,11-12,14H,2,7-10,13H2,1H3,(H,23,25). The molecule has 2 aromatic carbocycles. The molecule has 0 aliphatic carbocycles. The smallest absolute Gasteiger partial charge is 0.246 e. The Hall–Kier alpha value is -2.49. The van der Waals surface area contributed by atoms with Crippen molar-refractivity contribution in [2.24, 2.45) is 5.92 Å². The first-order chi connectivity index (χ1) is 14.9.